The van der Waals surface area contributed by atoms with Crippen molar-refractivity contribution in [2.24, 2.45) is 3.68 Å². The fourth-order valence-electron chi connectivity index (χ4n) is 0.104. The Hall–Kier alpha value is -0.0366. The van der Waals surface area contributed by atoms with Crippen LogP contribution < -0.4 is 0 Å². The van der Waals surface area contributed by atoms with Crippen LogP contribution in [0.15, 0.2) is 16.1 Å². The van der Waals surface area contributed by atoms with Gasteiger partial charge in [0.15, 0.2) is 0 Å². The standard InChI is InChI=1S/C3H5NO.Zn/c1-5-3-2-4;/h2-3H,1H3;/b3-2+;. The van der Waals surface area contributed by atoms with Crippen molar-refractivity contribution in [2.45, 2.75) is 0 Å². The second kappa shape index (κ2) is 4.96. The van der Waals surface area contributed by atoms with Crippen LogP contribution in [0.2, 0.25) is 0 Å². The van der Waals surface area contributed by atoms with Gasteiger partial charge >= 0.3 is 46.1 Å². The molecule has 0 atom stereocenters. The number of ether oxygens (including phenoxy) is 1. The normalized spacial score (nSPS) is 9.17. The molecule has 0 aromatic rings. The van der Waals surface area contributed by atoms with Gasteiger partial charge in [0.1, 0.15) is 0 Å². The third kappa shape index (κ3) is 3.96. The number of hydrogen-bond acceptors (Lipinski definition) is 2. The molecule has 0 aromatic heterocycles. The van der Waals surface area contributed by atoms with Crippen LogP contribution in [0, 0.1) is 0 Å². The average molecular weight is 136 g/mol. The molecular formula is C3H5NOZn. The van der Waals surface area contributed by atoms with Gasteiger partial charge in [-0.05, 0) is 0 Å². The minimum absolute atomic E-state index is 0.944. The van der Waals surface area contributed by atoms with Gasteiger partial charge < -0.3 is 0 Å². The summed E-state index contributed by atoms with van der Waals surface area (Å²) in [6.45, 7) is 0. The fourth-order valence-corrected chi connectivity index (χ4v) is 0.284. The van der Waals surface area contributed by atoms with Gasteiger partial charge in [0.2, 0.25) is 0 Å². The van der Waals surface area contributed by atoms with E-state index >= 15 is 0 Å². The van der Waals surface area contributed by atoms with Crippen LogP contribution in [-0.4, -0.2) is 7.11 Å². The van der Waals surface area contributed by atoms with Crippen molar-refractivity contribution >= 4 is 0 Å². The van der Waals surface area contributed by atoms with E-state index in [0.717, 1.165) is 18.1 Å². The van der Waals surface area contributed by atoms with Gasteiger partial charge in [-0.15, -0.1) is 0 Å². The molecule has 0 radical (unpaired) electrons. The summed E-state index contributed by atoms with van der Waals surface area (Å²) in [5.74, 6) is 0. The third-order valence-electron chi connectivity index (χ3n) is 0.302. The van der Waals surface area contributed by atoms with Crippen molar-refractivity contribution in [3.05, 3.63) is 12.5 Å². The number of hydrogen-bond donors (Lipinski definition) is 0. The van der Waals surface area contributed by atoms with Gasteiger partial charge in [0.05, 0.1) is 0 Å². The maximum absolute atomic E-state index is 4.53. The summed E-state index contributed by atoms with van der Waals surface area (Å²) in [5, 5.41) is 0. The fraction of sp³-hybridized carbons (Fsp3) is 0.333. The first-order valence-electron chi connectivity index (χ1n) is 1.55. The Morgan fingerprint density at radius 1 is 1.83 bits per heavy atom. The molecule has 0 aliphatic carbocycles. The second-order valence-corrected chi connectivity index (χ2v) is 1.47. The molecule has 0 aliphatic rings. The molecule has 0 rings (SSSR count). The van der Waals surface area contributed by atoms with E-state index in [1.54, 1.807) is 19.6 Å². The van der Waals surface area contributed by atoms with E-state index in [2.05, 4.69) is 8.42 Å². The van der Waals surface area contributed by atoms with Crippen LogP contribution in [0.3, 0.4) is 0 Å². The van der Waals surface area contributed by atoms with E-state index in [1.165, 1.54) is 0 Å². The third-order valence-corrected chi connectivity index (χ3v) is 0.745. The predicted molar refractivity (Wildman–Crippen MR) is 18.6 cm³/mol. The van der Waals surface area contributed by atoms with E-state index in [4.69, 9.17) is 0 Å². The zero-order valence-corrected chi connectivity index (χ0v) is 6.68. The van der Waals surface area contributed by atoms with Crippen LogP contribution in [-0.2, 0) is 22.9 Å². The van der Waals surface area contributed by atoms with Crippen LogP contribution in [0.1, 0.15) is 0 Å². The quantitative estimate of drug-likeness (QED) is 0.407. The average Bonchev–Trinajstić information content (AvgIpc) is 1.61. The summed E-state index contributed by atoms with van der Waals surface area (Å²) in [7, 11) is 1.60. The SMILES string of the molecule is CO/C=C/[N]=[Zn]. The van der Waals surface area contributed by atoms with Crippen molar-refractivity contribution in [2.75, 3.05) is 7.11 Å². The Kier molecular flexibility index (Phi) is 4.93. The first-order chi connectivity index (χ1) is 2.91. The van der Waals surface area contributed by atoms with Crippen molar-refractivity contribution in [1.82, 2.24) is 0 Å². The molecule has 0 unspecified atom stereocenters. The molecule has 3 heteroatoms. The van der Waals surface area contributed by atoms with Gasteiger partial charge in [-0.25, -0.2) is 0 Å². The summed E-state index contributed by atoms with van der Waals surface area (Å²) < 4.78 is 8.27. The number of methoxy groups -OCH3 is 1. The Bertz CT molecular complexity index is 61.8. The molecule has 0 fully saturated rings. The second-order valence-electron chi connectivity index (χ2n) is 0.703. The first kappa shape index (κ1) is 5.96. The van der Waals surface area contributed by atoms with Gasteiger partial charge in [-0.1, -0.05) is 0 Å². The predicted octanol–water partition coefficient (Wildman–Crippen LogP) is 0.834. The summed E-state index contributed by atoms with van der Waals surface area (Å²) in [5.41, 5.74) is 0. The van der Waals surface area contributed by atoms with Crippen molar-refractivity contribution in [3.8, 4) is 0 Å². The zero-order valence-electron chi connectivity index (χ0n) is 3.72. The van der Waals surface area contributed by atoms with E-state index in [-0.39, 0.29) is 0 Å². The molecule has 0 saturated carbocycles. The van der Waals surface area contributed by atoms with Gasteiger partial charge in [0.25, 0.3) is 0 Å². The number of rotatable bonds is 2. The molecular weight excluding hydrogens is 131 g/mol. The topological polar surface area (TPSA) is 21.6 Å². The van der Waals surface area contributed by atoms with E-state index in [9.17, 15) is 0 Å². The van der Waals surface area contributed by atoms with Crippen LogP contribution in [0.4, 0.5) is 0 Å². The Morgan fingerprint density at radius 2 is 2.50 bits per heavy atom. The Labute approximate surface area is 46.7 Å². The van der Waals surface area contributed by atoms with Crippen LogP contribution in [0.5, 0.6) is 0 Å². The maximum atomic E-state index is 4.53. The molecule has 0 aromatic carbocycles. The molecule has 30 valence electrons. The molecule has 0 bridgehead atoms. The molecule has 0 heterocycles. The summed E-state index contributed by atoms with van der Waals surface area (Å²) >= 11 is 0.944. The molecule has 2 nitrogen and oxygen atoms in total. The summed E-state index contributed by atoms with van der Waals surface area (Å²) in [4.78, 5) is 0. The summed E-state index contributed by atoms with van der Waals surface area (Å²) in [6.07, 6.45) is 3.18. The Balaban J connectivity index is 2.94. The van der Waals surface area contributed by atoms with Crippen LogP contribution >= 0.6 is 0 Å². The molecule has 0 aliphatic heterocycles. The molecule has 0 saturated heterocycles. The molecule has 0 N–H and O–H groups in total. The molecule has 6 heavy (non-hydrogen) atoms. The zero-order chi connectivity index (χ0) is 4.83. The first-order valence-corrected chi connectivity index (χ1v) is 2.88. The number of nitrogens with zero attached hydrogens (tertiary/aromatic N) is 1. The monoisotopic (exact) mass is 135 g/mol. The van der Waals surface area contributed by atoms with Gasteiger partial charge in [-0.2, -0.15) is 0 Å². The van der Waals surface area contributed by atoms with Crippen molar-refractivity contribution in [3.63, 3.8) is 0 Å². The summed E-state index contributed by atoms with van der Waals surface area (Å²) in [6, 6.07) is 0. The van der Waals surface area contributed by atoms with E-state index in [0.29, 0.717) is 0 Å². The van der Waals surface area contributed by atoms with Crippen molar-refractivity contribution < 1.29 is 22.9 Å². The van der Waals surface area contributed by atoms with Gasteiger partial charge in [-0.3, -0.25) is 0 Å². The minimum atomic E-state index is 0.944. The van der Waals surface area contributed by atoms with Gasteiger partial charge in [0, 0.05) is 0 Å². The van der Waals surface area contributed by atoms with Crippen molar-refractivity contribution in [1.29, 1.82) is 0 Å². The Morgan fingerprint density at radius 3 is 2.67 bits per heavy atom. The molecule has 0 spiro atoms. The van der Waals surface area contributed by atoms with Crippen LogP contribution in [0.25, 0.3) is 0 Å². The van der Waals surface area contributed by atoms with E-state index < -0.39 is 0 Å². The van der Waals surface area contributed by atoms with E-state index in [1.807, 2.05) is 0 Å². The molecule has 0 amide bonds.